The van der Waals surface area contributed by atoms with Crippen molar-refractivity contribution in [3.63, 3.8) is 0 Å². The maximum absolute atomic E-state index is 11.8. The smallest absolute Gasteiger partial charge is 0.408 e. The highest BCUT2D eigenvalue weighted by Crippen LogP contribution is 2.32. The van der Waals surface area contributed by atoms with Crippen LogP contribution in [-0.4, -0.2) is 4.57 Å². The second-order valence-electron chi connectivity index (χ2n) is 5.12. The van der Waals surface area contributed by atoms with Crippen molar-refractivity contribution in [2.75, 3.05) is 0 Å². The minimum absolute atomic E-state index is 0.0806. The van der Waals surface area contributed by atoms with Gasteiger partial charge in [-0.3, -0.25) is 4.57 Å². The third-order valence-corrected chi connectivity index (χ3v) is 4.69. The fourth-order valence-corrected chi connectivity index (χ4v) is 3.13. The minimum atomic E-state index is -0.300. The molecule has 0 aliphatic carbocycles. The summed E-state index contributed by atoms with van der Waals surface area (Å²) in [5.74, 6) is -0.300. The van der Waals surface area contributed by atoms with Gasteiger partial charge in [0.05, 0.1) is 10.3 Å². The molecule has 4 heteroatoms. The molecule has 0 aliphatic rings. The van der Waals surface area contributed by atoms with Crippen LogP contribution in [0.25, 0.3) is 11.1 Å². The Morgan fingerprint density at radius 1 is 1.19 bits per heavy atom. The van der Waals surface area contributed by atoms with E-state index in [4.69, 9.17) is 4.42 Å². The van der Waals surface area contributed by atoms with E-state index in [0.29, 0.717) is 12.1 Å². The first-order chi connectivity index (χ1) is 10.1. The lowest BCUT2D eigenvalue weighted by atomic mass is 10.0. The summed E-state index contributed by atoms with van der Waals surface area (Å²) in [5.41, 5.74) is 4.96. The van der Waals surface area contributed by atoms with Gasteiger partial charge in [-0.15, -0.1) is 0 Å². The summed E-state index contributed by atoms with van der Waals surface area (Å²) in [6.45, 7) is 4.62. The Labute approximate surface area is 131 Å². The number of oxazole rings is 1. The molecule has 2 aromatic carbocycles. The summed E-state index contributed by atoms with van der Waals surface area (Å²) in [6, 6.07) is 14.3. The van der Waals surface area contributed by atoms with E-state index in [9.17, 15) is 4.79 Å². The monoisotopic (exact) mass is 345 g/mol. The highest BCUT2D eigenvalue weighted by molar-refractivity contribution is 9.09. The molecule has 0 aliphatic heterocycles. The third kappa shape index (κ3) is 2.56. The average molecular weight is 346 g/mol. The van der Waals surface area contributed by atoms with E-state index in [0.717, 1.165) is 11.1 Å². The number of aromatic nitrogens is 1. The minimum Gasteiger partial charge on any atom is -0.408 e. The summed E-state index contributed by atoms with van der Waals surface area (Å²) < 4.78 is 6.96. The van der Waals surface area contributed by atoms with Crippen LogP contribution in [-0.2, 0) is 6.54 Å². The maximum atomic E-state index is 11.8. The van der Waals surface area contributed by atoms with Crippen molar-refractivity contribution in [2.24, 2.45) is 0 Å². The summed E-state index contributed by atoms with van der Waals surface area (Å²) in [6.07, 6.45) is 0. The lowest BCUT2D eigenvalue weighted by molar-refractivity contribution is 0.513. The molecule has 1 atom stereocenters. The summed E-state index contributed by atoms with van der Waals surface area (Å²) in [7, 11) is 0. The Kier molecular flexibility index (Phi) is 3.72. The number of nitrogens with zero attached hydrogens (tertiary/aromatic N) is 1. The number of halogens is 1. The van der Waals surface area contributed by atoms with E-state index in [-0.39, 0.29) is 10.6 Å². The standard InChI is InChI=1S/C17H16BrNO2/c1-3-19-14-8-7-13(10-15(14)21-17(19)20)16(18)12-6-4-5-11(2)9-12/h4-10,16H,3H2,1-2H3. The number of hydrogen-bond donors (Lipinski definition) is 0. The van der Waals surface area contributed by atoms with Gasteiger partial charge >= 0.3 is 5.76 Å². The highest BCUT2D eigenvalue weighted by Gasteiger charge is 2.14. The molecule has 0 amide bonds. The molecule has 3 nitrogen and oxygen atoms in total. The second kappa shape index (κ2) is 5.53. The molecule has 1 heterocycles. The number of aryl methyl sites for hydroxylation is 2. The Bertz CT molecular complexity index is 847. The van der Waals surface area contributed by atoms with Crippen molar-refractivity contribution >= 4 is 27.0 Å². The van der Waals surface area contributed by atoms with Crippen LogP contribution in [0.2, 0.25) is 0 Å². The zero-order valence-electron chi connectivity index (χ0n) is 12.0. The predicted octanol–water partition coefficient (Wildman–Crippen LogP) is 4.41. The first-order valence-electron chi connectivity index (χ1n) is 6.94. The molecule has 0 radical (unpaired) electrons. The van der Waals surface area contributed by atoms with Gasteiger partial charge in [0.25, 0.3) is 0 Å². The quantitative estimate of drug-likeness (QED) is 0.659. The molecule has 0 bridgehead atoms. The molecule has 108 valence electrons. The van der Waals surface area contributed by atoms with Crippen LogP contribution in [0.5, 0.6) is 0 Å². The average Bonchev–Trinajstić information content (AvgIpc) is 2.80. The Morgan fingerprint density at radius 3 is 2.67 bits per heavy atom. The van der Waals surface area contributed by atoms with Crippen LogP contribution in [0, 0.1) is 6.92 Å². The molecule has 21 heavy (non-hydrogen) atoms. The molecule has 3 rings (SSSR count). The van der Waals surface area contributed by atoms with Crippen LogP contribution in [0.1, 0.15) is 28.4 Å². The molecule has 0 N–H and O–H groups in total. The van der Waals surface area contributed by atoms with Gasteiger partial charge in [0.15, 0.2) is 5.58 Å². The van der Waals surface area contributed by atoms with Gasteiger partial charge in [-0.25, -0.2) is 4.79 Å². The molecule has 0 spiro atoms. The summed E-state index contributed by atoms with van der Waals surface area (Å²) >= 11 is 3.73. The predicted molar refractivity (Wildman–Crippen MR) is 88.1 cm³/mol. The number of rotatable bonds is 3. The second-order valence-corrected chi connectivity index (χ2v) is 6.03. The van der Waals surface area contributed by atoms with Gasteiger partial charge in [0, 0.05) is 6.54 Å². The van der Waals surface area contributed by atoms with Gasteiger partial charge < -0.3 is 4.42 Å². The Balaban J connectivity index is 2.07. The van der Waals surface area contributed by atoms with Gasteiger partial charge in [0.1, 0.15) is 0 Å². The fraction of sp³-hybridized carbons (Fsp3) is 0.235. The van der Waals surface area contributed by atoms with E-state index < -0.39 is 0 Å². The van der Waals surface area contributed by atoms with Crippen molar-refractivity contribution in [3.8, 4) is 0 Å². The van der Waals surface area contributed by atoms with E-state index in [1.807, 2.05) is 31.2 Å². The van der Waals surface area contributed by atoms with E-state index >= 15 is 0 Å². The molecule has 1 unspecified atom stereocenters. The first-order valence-corrected chi connectivity index (χ1v) is 7.85. The van der Waals surface area contributed by atoms with Gasteiger partial charge in [0.2, 0.25) is 0 Å². The Morgan fingerprint density at radius 2 is 1.95 bits per heavy atom. The number of fused-ring (bicyclic) bond motifs is 1. The normalized spacial score (nSPS) is 12.7. The van der Waals surface area contributed by atoms with E-state index in [2.05, 4.69) is 41.1 Å². The lowest BCUT2D eigenvalue weighted by Gasteiger charge is -2.11. The van der Waals surface area contributed by atoms with Crippen molar-refractivity contribution in [1.82, 2.24) is 4.57 Å². The number of hydrogen-bond acceptors (Lipinski definition) is 2. The van der Waals surface area contributed by atoms with Crippen molar-refractivity contribution in [1.29, 1.82) is 0 Å². The molecule has 0 fully saturated rings. The third-order valence-electron chi connectivity index (χ3n) is 3.64. The van der Waals surface area contributed by atoms with Gasteiger partial charge in [-0.2, -0.15) is 0 Å². The largest absolute Gasteiger partial charge is 0.419 e. The number of alkyl halides is 1. The van der Waals surface area contributed by atoms with Crippen LogP contribution in [0.15, 0.2) is 51.7 Å². The molecular weight excluding hydrogens is 330 g/mol. The van der Waals surface area contributed by atoms with Crippen LogP contribution in [0.3, 0.4) is 0 Å². The Hall–Kier alpha value is -1.81. The molecule has 0 saturated carbocycles. The topological polar surface area (TPSA) is 35.1 Å². The lowest BCUT2D eigenvalue weighted by Crippen LogP contribution is -2.11. The van der Waals surface area contributed by atoms with Crippen LogP contribution in [0.4, 0.5) is 0 Å². The van der Waals surface area contributed by atoms with Gasteiger partial charge in [-0.1, -0.05) is 51.8 Å². The molecule has 3 aromatic rings. The molecular formula is C17H16BrNO2. The fourth-order valence-electron chi connectivity index (χ4n) is 2.56. The van der Waals surface area contributed by atoms with Crippen LogP contribution >= 0.6 is 15.9 Å². The van der Waals surface area contributed by atoms with E-state index in [1.165, 1.54) is 11.1 Å². The zero-order valence-corrected chi connectivity index (χ0v) is 13.6. The van der Waals surface area contributed by atoms with Gasteiger partial charge in [-0.05, 0) is 37.1 Å². The van der Waals surface area contributed by atoms with Crippen molar-refractivity contribution < 1.29 is 4.42 Å². The summed E-state index contributed by atoms with van der Waals surface area (Å²) in [5, 5.41) is 0. The molecule has 1 aromatic heterocycles. The SMILES string of the molecule is CCn1c(=O)oc2cc(C(Br)c3cccc(C)c3)ccc21. The highest BCUT2D eigenvalue weighted by atomic mass is 79.9. The van der Waals surface area contributed by atoms with Crippen LogP contribution < -0.4 is 5.76 Å². The van der Waals surface area contributed by atoms with Crippen molar-refractivity contribution in [3.05, 3.63) is 69.7 Å². The maximum Gasteiger partial charge on any atom is 0.419 e. The summed E-state index contributed by atoms with van der Waals surface area (Å²) in [4.78, 5) is 11.8. The first kappa shape index (κ1) is 14.1. The number of benzene rings is 2. The zero-order chi connectivity index (χ0) is 15.0. The van der Waals surface area contributed by atoms with E-state index in [1.54, 1.807) is 4.57 Å². The molecule has 0 saturated heterocycles. The van der Waals surface area contributed by atoms with Crippen molar-refractivity contribution in [2.45, 2.75) is 25.2 Å².